The zero-order valence-electron chi connectivity index (χ0n) is 13.1. The van der Waals surface area contributed by atoms with E-state index in [0.29, 0.717) is 31.0 Å². The van der Waals surface area contributed by atoms with Gasteiger partial charge >= 0.3 is 0 Å². The highest BCUT2D eigenvalue weighted by molar-refractivity contribution is 5.78. The number of rotatable bonds is 5. The number of aromatic nitrogens is 5. The molecule has 0 spiro atoms. The first-order valence-electron chi connectivity index (χ1n) is 7.93. The number of fused-ring (bicyclic) bond motifs is 1. The Morgan fingerprint density at radius 1 is 1.12 bits per heavy atom. The molecule has 1 saturated heterocycles. The van der Waals surface area contributed by atoms with Crippen molar-refractivity contribution in [2.24, 2.45) is 0 Å². The summed E-state index contributed by atoms with van der Waals surface area (Å²) in [6, 6.07) is 11.8. The average Bonchev–Trinajstić information content (AvgIpc) is 3.23. The van der Waals surface area contributed by atoms with Gasteiger partial charge in [0.05, 0.1) is 0 Å². The van der Waals surface area contributed by atoms with Gasteiger partial charge in [0.15, 0.2) is 5.65 Å². The van der Waals surface area contributed by atoms with Crippen LogP contribution in [0.15, 0.2) is 36.4 Å². The third kappa shape index (κ3) is 2.90. The topological polar surface area (TPSA) is 88.3 Å². The highest BCUT2D eigenvalue weighted by Crippen LogP contribution is 2.18. The van der Waals surface area contributed by atoms with E-state index < -0.39 is 0 Å². The second-order valence-electron chi connectivity index (χ2n) is 5.79. The van der Waals surface area contributed by atoms with Gasteiger partial charge in [0.25, 0.3) is 0 Å². The largest absolute Gasteiger partial charge is 0.364 e. The second kappa shape index (κ2) is 6.23. The summed E-state index contributed by atoms with van der Waals surface area (Å²) in [5.74, 6) is 0.936. The summed E-state index contributed by atoms with van der Waals surface area (Å²) in [4.78, 5) is 13.8. The van der Waals surface area contributed by atoms with Crippen molar-refractivity contribution in [1.82, 2.24) is 30.2 Å². The first-order valence-corrected chi connectivity index (χ1v) is 7.93. The van der Waals surface area contributed by atoms with E-state index in [-0.39, 0.29) is 5.91 Å². The molecule has 1 amide bonds. The number of carbonyl (C=O) groups is 1. The fourth-order valence-electron chi connectivity index (χ4n) is 2.89. The van der Waals surface area contributed by atoms with Crippen LogP contribution in [0.4, 0.5) is 5.82 Å². The summed E-state index contributed by atoms with van der Waals surface area (Å²) in [6.07, 6.45) is 1.62. The Hall–Kier alpha value is -3.03. The minimum atomic E-state index is 0.239. The van der Waals surface area contributed by atoms with Crippen LogP contribution in [0, 0.1) is 0 Å². The van der Waals surface area contributed by atoms with Crippen molar-refractivity contribution in [3.63, 3.8) is 0 Å². The molecule has 3 heterocycles. The van der Waals surface area contributed by atoms with Gasteiger partial charge in [-0.3, -0.25) is 4.79 Å². The van der Waals surface area contributed by atoms with E-state index in [1.54, 1.807) is 0 Å². The van der Waals surface area contributed by atoms with E-state index in [1.165, 1.54) is 4.63 Å². The van der Waals surface area contributed by atoms with Crippen molar-refractivity contribution >= 4 is 17.4 Å². The van der Waals surface area contributed by atoms with Gasteiger partial charge in [-0.1, -0.05) is 24.3 Å². The quantitative estimate of drug-likeness (QED) is 0.760. The number of benzene rings is 1. The minimum Gasteiger partial charge on any atom is -0.364 e. The highest BCUT2D eigenvalue weighted by Gasteiger charge is 2.20. The SMILES string of the molecule is O=C1CCCN1Cc1ccccc1CNc1ccc2nnnn2n1. The number of likely N-dealkylation sites (tertiary alicyclic amines) is 1. The number of carbonyl (C=O) groups excluding carboxylic acids is 1. The summed E-state index contributed by atoms with van der Waals surface area (Å²) >= 11 is 0. The molecule has 4 rings (SSSR count). The van der Waals surface area contributed by atoms with Crippen molar-refractivity contribution in [2.75, 3.05) is 11.9 Å². The fourth-order valence-corrected chi connectivity index (χ4v) is 2.89. The van der Waals surface area contributed by atoms with E-state index >= 15 is 0 Å². The van der Waals surface area contributed by atoms with Gasteiger partial charge in [0, 0.05) is 26.1 Å². The molecule has 0 atom stereocenters. The summed E-state index contributed by atoms with van der Waals surface area (Å²) in [7, 11) is 0. The molecular weight excluding hydrogens is 306 g/mol. The normalized spacial score (nSPS) is 14.5. The van der Waals surface area contributed by atoms with E-state index in [2.05, 4.69) is 38.1 Å². The molecule has 3 aromatic rings. The van der Waals surface area contributed by atoms with Gasteiger partial charge in [-0.2, -0.15) is 0 Å². The molecule has 0 radical (unpaired) electrons. The van der Waals surface area contributed by atoms with Gasteiger partial charge in [0.2, 0.25) is 5.91 Å². The van der Waals surface area contributed by atoms with Crippen LogP contribution in [-0.4, -0.2) is 42.6 Å². The number of hydrogen-bond donors (Lipinski definition) is 1. The standard InChI is InChI=1S/C16H17N7O/c24-16-6-3-9-22(16)11-13-5-2-1-4-12(13)10-17-14-7-8-15-18-20-21-23(15)19-14/h1-2,4-5,7-8H,3,6,9-11H2,(H,17,19). The Balaban J connectivity index is 1.48. The lowest BCUT2D eigenvalue weighted by atomic mass is 10.1. The van der Waals surface area contributed by atoms with Gasteiger partial charge in [-0.15, -0.1) is 14.8 Å². The summed E-state index contributed by atoms with van der Waals surface area (Å²) in [5, 5.41) is 18.8. The number of nitrogens with one attached hydrogen (secondary N) is 1. The van der Waals surface area contributed by atoms with Crippen LogP contribution in [-0.2, 0) is 17.9 Å². The molecule has 24 heavy (non-hydrogen) atoms. The van der Waals surface area contributed by atoms with Gasteiger partial charge in [-0.25, -0.2) is 0 Å². The van der Waals surface area contributed by atoms with Crippen molar-refractivity contribution in [2.45, 2.75) is 25.9 Å². The molecule has 8 heteroatoms. The maximum Gasteiger partial charge on any atom is 0.222 e. The lowest BCUT2D eigenvalue weighted by Crippen LogP contribution is -2.24. The Morgan fingerprint density at radius 3 is 2.83 bits per heavy atom. The predicted molar refractivity (Wildman–Crippen MR) is 87.0 cm³/mol. The highest BCUT2D eigenvalue weighted by atomic mass is 16.2. The number of amides is 1. The maximum atomic E-state index is 11.8. The van der Waals surface area contributed by atoms with Gasteiger partial charge in [0.1, 0.15) is 5.82 Å². The van der Waals surface area contributed by atoms with Crippen LogP contribution >= 0.6 is 0 Å². The summed E-state index contributed by atoms with van der Waals surface area (Å²) in [6.45, 7) is 2.13. The summed E-state index contributed by atoms with van der Waals surface area (Å²) < 4.78 is 1.39. The molecule has 8 nitrogen and oxygen atoms in total. The molecule has 0 saturated carbocycles. The molecular formula is C16H17N7O. The second-order valence-corrected chi connectivity index (χ2v) is 5.79. The van der Waals surface area contributed by atoms with E-state index in [9.17, 15) is 4.79 Å². The third-order valence-corrected chi connectivity index (χ3v) is 4.18. The Morgan fingerprint density at radius 2 is 2.00 bits per heavy atom. The minimum absolute atomic E-state index is 0.239. The summed E-state index contributed by atoms with van der Waals surface area (Å²) in [5.41, 5.74) is 2.91. The molecule has 1 aliphatic heterocycles. The van der Waals surface area contributed by atoms with Crippen LogP contribution in [0.1, 0.15) is 24.0 Å². The fraction of sp³-hybridized carbons (Fsp3) is 0.312. The number of anilines is 1. The number of nitrogens with zero attached hydrogens (tertiary/aromatic N) is 6. The number of hydrogen-bond acceptors (Lipinski definition) is 6. The molecule has 0 bridgehead atoms. The lowest BCUT2D eigenvalue weighted by molar-refractivity contribution is -0.128. The first-order chi connectivity index (χ1) is 11.8. The molecule has 1 N–H and O–H groups in total. The van der Waals surface area contributed by atoms with Gasteiger partial charge < -0.3 is 10.2 Å². The van der Waals surface area contributed by atoms with Crippen LogP contribution in [0.3, 0.4) is 0 Å². The predicted octanol–water partition coefficient (Wildman–Crippen LogP) is 1.25. The molecule has 1 aliphatic rings. The average molecular weight is 323 g/mol. The van der Waals surface area contributed by atoms with Crippen LogP contribution in [0.2, 0.25) is 0 Å². The van der Waals surface area contributed by atoms with Crippen LogP contribution < -0.4 is 5.32 Å². The maximum absolute atomic E-state index is 11.8. The van der Waals surface area contributed by atoms with Crippen LogP contribution in [0.25, 0.3) is 5.65 Å². The van der Waals surface area contributed by atoms with Crippen molar-refractivity contribution < 1.29 is 4.79 Å². The molecule has 0 aliphatic carbocycles. The molecule has 1 fully saturated rings. The van der Waals surface area contributed by atoms with E-state index in [4.69, 9.17) is 0 Å². The Kier molecular flexibility index (Phi) is 3.78. The molecule has 1 aromatic carbocycles. The number of tetrazole rings is 1. The third-order valence-electron chi connectivity index (χ3n) is 4.18. The van der Waals surface area contributed by atoms with Gasteiger partial charge in [-0.05, 0) is 40.1 Å². The monoisotopic (exact) mass is 323 g/mol. The Labute approximate surface area is 138 Å². The molecule has 0 unspecified atom stereocenters. The Bertz CT molecular complexity index is 875. The lowest BCUT2D eigenvalue weighted by Gasteiger charge is -2.18. The smallest absolute Gasteiger partial charge is 0.222 e. The zero-order valence-corrected chi connectivity index (χ0v) is 13.1. The van der Waals surface area contributed by atoms with Crippen molar-refractivity contribution in [3.8, 4) is 0 Å². The van der Waals surface area contributed by atoms with Crippen LogP contribution in [0.5, 0.6) is 0 Å². The molecule has 122 valence electrons. The zero-order chi connectivity index (χ0) is 16.4. The van der Waals surface area contributed by atoms with E-state index in [0.717, 1.165) is 24.1 Å². The van der Waals surface area contributed by atoms with Crippen molar-refractivity contribution in [1.29, 1.82) is 0 Å². The van der Waals surface area contributed by atoms with E-state index in [1.807, 2.05) is 29.2 Å². The van der Waals surface area contributed by atoms with Crippen molar-refractivity contribution in [3.05, 3.63) is 47.5 Å². The molecule has 2 aromatic heterocycles. The first kappa shape index (κ1) is 14.6.